The molecule has 1 saturated carbocycles. The summed E-state index contributed by atoms with van der Waals surface area (Å²) in [5, 5.41) is 0. The molecule has 3 heteroatoms. The highest BCUT2D eigenvalue weighted by atomic mass is 16.3. The molecular formula is C16H26N2O. The van der Waals surface area contributed by atoms with Crippen molar-refractivity contribution in [3.63, 3.8) is 0 Å². The molecule has 0 aromatic carbocycles. The SMILES string of the molecule is C[C@@H]1CCCC[C@H]1N1CCN(Cc2ccco2)CC1. The first-order chi connectivity index (χ1) is 9.33. The van der Waals surface area contributed by atoms with Crippen molar-refractivity contribution in [1.82, 2.24) is 9.80 Å². The smallest absolute Gasteiger partial charge is 0.117 e. The molecule has 0 radical (unpaired) electrons. The minimum absolute atomic E-state index is 0.847. The number of nitrogens with zero attached hydrogens (tertiary/aromatic N) is 2. The summed E-state index contributed by atoms with van der Waals surface area (Å²) in [4.78, 5) is 5.26. The van der Waals surface area contributed by atoms with Crippen LogP contribution in [0.2, 0.25) is 0 Å². The van der Waals surface area contributed by atoms with E-state index < -0.39 is 0 Å². The first-order valence-corrected chi connectivity index (χ1v) is 7.82. The van der Waals surface area contributed by atoms with Gasteiger partial charge in [-0.3, -0.25) is 9.80 Å². The van der Waals surface area contributed by atoms with Gasteiger partial charge in [-0.05, 0) is 30.9 Å². The van der Waals surface area contributed by atoms with Gasteiger partial charge in [0.25, 0.3) is 0 Å². The quantitative estimate of drug-likeness (QED) is 0.835. The van der Waals surface area contributed by atoms with E-state index in [4.69, 9.17) is 4.42 Å². The number of furan rings is 1. The molecule has 2 heterocycles. The van der Waals surface area contributed by atoms with Gasteiger partial charge in [-0.15, -0.1) is 0 Å². The summed E-state index contributed by atoms with van der Waals surface area (Å²) in [7, 11) is 0. The summed E-state index contributed by atoms with van der Waals surface area (Å²) < 4.78 is 5.44. The molecule has 2 aliphatic rings. The third-order valence-corrected chi connectivity index (χ3v) is 4.90. The number of piperazine rings is 1. The van der Waals surface area contributed by atoms with E-state index in [1.807, 2.05) is 6.07 Å². The summed E-state index contributed by atoms with van der Waals surface area (Å²) in [5.41, 5.74) is 0. The van der Waals surface area contributed by atoms with Gasteiger partial charge in [0.05, 0.1) is 12.8 Å². The highest BCUT2D eigenvalue weighted by Crippen LogP contribution is 2.28. The van der Waals surface area contributed by atoms with Gasteiger partial charge in [-0.1, -0.05) is 19.8 Å². The largest absolute Gasteiger partial charge is 0.468 e. The van der Waals surface area contributed by atoms with Crippen molar-refractivity contribution in [2.24, 2.45) is 5.92 Å². The molecule has 1 aromatic heterocycles. The summed E-state index contributed by atoms with van der Waals surface area (Å²) in [6.07, 6.45) is 7.49. The van der Waals surface area contributed by atoms with Crippen molar-refractivity contribution in [2.75, 3.05) is 26.2 Å². The Hall–Kier alpha value is -0.800. The molecule has 0 N–H and O–H groups in total. The fourth-order valence-corrected chi connectivity index (χ4v) is 3.72. The molecule has 3 rings (SSSR count). The summed E-state index contributed by atoms with van der Waals surface area (Å²) in [6, 6.07) is 4.91. The Kier molecular flexibility index (Phi) is 4.24. The Bertz CT molecular complexity index is 368. The van der Waals surface area contributed by atoms with Gasteiger partial charge in [-0.25, -0.2) is 0 Å². The monoisotopic (exact) mass is 262 g/mol. The third kappa shape index (κ3) is 3.21. The van der Waals surface area contributed by atoms with E-state index in [1.54, 1.807) is 6.26 Å². The molecule has 1 aromatic rings. The van der Waals surface area contributed by atoms with E-state index >= 15 is 0 Å². The maximum Gasteiger partial charge on any atom is 0.117 e. The zero-order valence-corrected chi connectivity index (χ0v) is 12.1. The molecule has 0 spiro atoms. The topological polar surface area (TPSA) is 19.6 Å². The van der Waals surface area contributed by atoms with Crippen molar-refractivity contribution in [2.45, 2.75) is 45.2 Å². The van der Waals surface area contributed by atoms with Crippen LogP contribution in [0.4, 0.5) is 0 Å². The van der Waals surface area contributed by atoms with Crippen LogP contribution in [0.3, 0.4) is 0 Å². The van der Waals surface area contributed by atoms with Crippen LogP contribution in [0.25, 0.3) is 0 Å². The van der Waals surface area contributed by atoms with Gasteiger partial charge >= 0.3 is 0 Å². The zero-order chi connectivity index (χ0) is 13.1. The molecule has 2 fully saturated rings. The van der Waals surface area contributed by atoms with Crippen LogP contribution in [0.5, 0.6) is 0 Å². The van der Waals surface area contributed by atoms with Crippen molar-refractivity contribution in [3.05, 3.63) is 24.2 Å². The first kappa shape index (κ1) is 13.2. The van der Waals surface area contributed by atoms with Crippen LogP contribution in [0.15, 0.2) is 22.8 Å². The van der Waals surface area contributed by atoms with Crippen LogP contribution in [-0.4, -0.2) is 42.0 Å². The molecule has 19 heavy (non-hydrogen) atoms. The third-order valence-electron chi connectivity index (χ3n) is 4.90. The van der Waals surface area contributed by atoms with Crippen LogP contribution < -0.4 is 0 Å². The van der Waals surface area contributed by atoms with Gasteiger partial charge in [0.1, 0.15) is 5.76 Å². The van der Waals surface area contributed by atoms with Gasteiger partial charge in [0, 0.05) is 32.2 Å². The molecule has 3 nitrogen and oxygen atoms in total. The van der Waals surface area contributed by atoms with E-state index in [-0.39, 0.29) is 0 Å². The molecule has 106 valence electrons. The second kappa shape index (κ2) is 6.10. The molecule has 1 aliphatic heterocycles. The Morgan fingerprint density at radius 3 is 2.63 bits per heavy atom. The normalized spacial score (nSPS) is 30.6. The van der Waals surface area contributed by atoms with E-state index in [0.717, 1.165) is 24.3 Å². The van der Waals surface area contributed by atoms with E-state index in [0.29, 0.717) is 0 Å². The van der Waals surface area contributed by atoms with Gasteiger partial charge in [0.15, 0.2) is 0 Å². The van der Waals surface area contributed by atoms with Gasteiger partial charge in [-0.2, -0.15) is 0 Å². The highest BCUT2D eigenvalue weighted by Gasteiger charge is 2.29. The highest BCUT2D eigenvalue weighted by molar-refractivity contribution is 4.98. The van der Waals surface area contributed by atoms with E-state index in [9.17, 15) is 0 Å². The van der Waals surface area contributed by atoms with Crippen molar-refractivity contribution in [3.8, 4) is 0 Å². The summed E-state index contributed by atoms with van der Waals surface area (Å²) >= 11 is 0. The van der Waals surface area contributed by atoms with E-state index in [2.05, 4.69) is 22.8 Å². The van der Waals surface area contributed by atoms with E-state index in [1.165, 1.54) is 51.9 Å². The lowest BCUT2D eigenvalue weighted by atomic mass is 9.84. The zero-order valence-electron chi connectivity index (χ0n) is 12.1. The Morgan fingerprint density at radius 2 is 1.95 bits per heavy atom. The molecule has 1 saturated heterocycles. The van der Waals surface area contributed by atoms with Gasteiger partial charge in [0.2, 0.25) is 0 Å². The second-order valence-electron chi connectivity index (χ2n) is 6.22. The summed E-state index contributed by atoms with van der Waals surface area (Å²) in [5.74, 6) is 1.99. The van der Waals surface area contributed by atoms with Crippen LogP contribution in [0, 0.1) is 5.92 Å². The molecule has 0 amide bonds. The minimum Gasteiger partial charge on any atom is -0.468 e. The van der Waals surface area contributed by atoms with Crippen LogP contribution >= 0.6 is 0 Å². The first-order valence-electron chi connectivity index (χ1n) is 7.82. The lowest BCUT2D eigenvalue weighted by Crippen LogP contribution is -2.52. The standard InChI is InChI=1S/C16H26N2O/c1-14-5-2-3-7-16(14)18-10-8-17(9-11-18)13-15-6-4-12-19-15/h4,6,12,14,16H,2-3,5,7-11,13H2,1H3/t14-,16-/m1/s1. The van der Waals surface area contributed by atoms with Gasteiger partial charge < -0.3 is 4.42 Å². The Morgan fingerprint density at radius 1 is 1.16 bits per heavy atom. The molecule has 0 bridgehead atoms. The van der Waals surface area contributed by atoms with Crippen LogP contribution in [0.1, 0.15) is 38.4 Å². The van der Waals surface area contributed by atoms with Crippen LogP contribution in [-0.2, 0) is 6.54 Å². The molecule has 0 unspecified atom stereocenters. The van der Waals surface area contributed by atoms with Crippen molar-refractivity contribution < 1.29 is 4.42 Å². The maximum atomic E-state index is 5.44. The molecule has 1 aliphatic carbocycles. The number of rotatable bonds is 3. The fourth-order valence-electron chi connectivity index (χ4n) is 3.72. The lowest BCUT2D eigenvalue weighted by molar-refractivity contribution is 0.0494. The average molecular weight is 262 g/mol. The Labute approximate surface area is 116 Å². The lowest BCUT2D eigenvalue weighted by Gasteiger charge is -2.43. The predicted octanol–water partition coefficient (Wildman–Crippen LogP) is 2.98. The van der Waals surface area contributed by atoms with Crippen molar-refractivity contribution >= 4 is 0 Å². The second-order valence-corrected chi connectivity index (χ2v) is 6.22. The Balaban J connectivity index is 1.49. The fraction of sp³-hybridized carbons (Fsp3) is 0.750. The minimum atomic E-state index is 0.847. The molecular weight excluding hydrogens is 236 g/mol. The summed E-state index contributed by atoms with van der Waals surface area (Å²) in [6.45, 7) is 8.25. The predicted molar refractivity (Wildman–Crippen MR) is 77.0 cm³/mol. The number of hydrogen-bond acceptors (Lipinski definition) is 3. The molecule has 2 atom stereocenters. The van der Waals surface area contributed by atoms with Crippen molar-refractivity contribution in [1.29, 1.82) is 0 Å². The average Bonchev–Trinajstić information content (AvgIpc) is 2.93. The maximum absolute atomic E-state index is 5.44. The number of hydrogen-bond donors (Lipinski definition) is 0.